The number of benzene rings is 7. The molecule has 0 saturated heterocycles. The van der Waals surface area contributed by atoms with Crippen molar-refractivity contribution in [1.82, 2.24) is 4.98 Å². The molecule has 0 bridgehead atoms. The Morgan fingerprint density at radius 2 is 1.00 bits per heavy atom. The lowest BCUT2D eigenvalue weighted by Crippen LogP contribution is -1.87. The van der Waals surface area contributed by atoms with E-state index in [1.54, 1.807) is 0 Å². The van der Waals surface area contributed by atoms with Gasteiger partial charge in [-0.05, 0) is 73.6 Å². The van der Waals surface area contributed by atoms with Crippen molar-refractivity contribution in [3.63, 3.8) is 0 Å². The van der Waals surface area contributed by atoms with Gasteiger partial charge < -0.3 is 4.98 Å². The predicted molar refractivity (Wildman–Crippen MR) is 167 cm³/mol. The Morgan fingerprint density at radius 1 is 0.359 bits per heavy atom. The summed E-state index contributed by atoms with van der Waals surface area (Å²) in [4.78, 5) is 3.74. The van der Waals surface area contributed by atoms with Crippen molar-refractivity contribution in [2.24, 2.45) is 0 Å². The summed E-state index contributed by atoms with van der Waals surface area (Å²) in [6, 6.07) is 52.7. The maximum atomic E-state index is 3.74. The standard InChI is InChI=1S/C38H25N/c1-2-10-25(11-3-1)26-20-21-36-35(24-26)34-19-9-18-33(38(34)39-36)29-14-8-15-30(23-29)37-31-16-6-4-12-27(31)22-28-13-5-7-17-32(28)37/h1-24,39H. The van der Waals surface area contributed by atoms with Gasteiger partial charge in [0.15, 0.2) is 0 Å². The van der Waals surface area contributed by atoms with Crippen LogP contribution < -0.4 is 0 Å². The number of hydrogen-bond donors (Lipinski definition) is 1. The van der Waals surface area contributed by atoms with E-state index in [4.69, 9.17) is 0 Å². The second-order valence-corrected chi connectivity index (χ2v) is 10.3. The molecule has 1 aromatic heterocycles. The van der Waals surface area contributed by atoms with E-state index in [-0.39, 0.29) is 0 Å². The van der Waals surface area contributed by atoms with E-state index in [1.807, 2.05) is 0 Å². The fraction of sp³-hybridized carbons (Fsp3) is 0. The molecule has 1 N–H and O–H groups in total. The number of rotatable bonds is 3. The topological polar surface area (TPSA) is 15.8 Å². The van der Waals surface area contributed by atoms with E-state index >= 15 is 0 Å². The lowest BCUT2D eigenvalue weighted by Gasteiger charge is -2.13. The van der Waals surface area contributed by atoms with E-state index in [0.29, 0.717) is 0 Å². The highest BCUT2D eigenvalue weighted by Gasteiger charge is 2.14. The zero-order valence-corrected chi connectivity index (χ0v) is 21.4. The Kier molecular flexibility index (Phi) is 4.89. The molecular formula is C38H25N. The minimum atomic E-state index is 1.16. The van der Waals surface area contributed by atoms with Crippen LogP contribution in [-0.4, -0.2) is 4.98 Å². The number of aromatic amines is 1. The molecule has 1 heteroatoms. The third kappa shape index (κ3) is 3.55. The molecular weight excluding hydrogens is 470 g/mol. The second-order valence-electron chi connectivity index (χ2n) is 10.3. The van der Waals surface area contributed by atoms with Crippen molar-refractivity contribution >= 4 is 43.4 Å². The van der Waals surface area contributed by atoms with Gasteiger partial charge in [-0.25, -0.2) is 0 Å². The van der Waals surface area contributed by atoms with Crippen molar-refractivity contribution in [3.8, 4) is 33.4 Å². The van der Waals surface area contributed by atoms with E-state index in [2.05, 4.69) is 151 Å². The van der Waals surface area contributed by atoms with Crippen LogP contribution in [-0.2, 0) is 0 Å². The van der Waals surface area contributed by atoms with E-state index in [1.165, 1.54) is 71.2 Å². The molecule has 8 rings (SSSR count). The summed E-state index contributed by atoms with van der Waals surface area (Å²) in [6.07, 6.45) is 0. The van der Waals surface area contributed by atoms with Gasteiger partial charge in [-0.15, -0.1) is 0 Å². The molecule has 0 radical (unpaired) electrons. The third-order valence-corrected chi connectivity index (χ3v) is 7.97. The second kappa shape index (κ2) is 8.72. The average molecular weight is 496 g/mol. The summed E-state index contributed by atoms with van der Waals surface area (Å²) < 4.78 is 0. The zero-order valence-electron chi connectivity index (χ0n) is 21.4. The number of hydrogen-bond acceptors (Lipinski definition) is 0. The quantitative estimate of drug-likeness (QED) is 0.235. The van der Waals surface area contributed by atoms with Gasteiger partial charge in [0.2, 0.25) is 0 Å². The Hall–Kier alpha value is -5.14. The van der Waals surface area contributed by atoms with Gasteiger partial charge in [0.05, 0.1) is 5.52 Å². The Morgan fingerprint density at radius 3 is 1.79 bits per heavy atom. The fourth-order valence-corrected chi connectivity index (χ4v) is 6.14. The summed E-state index contributed by atoms with van der Waals surface area (Å²) >= 11 is 0. The van der Waals surface area contributed by atoms with Crippen molar-refractivity contribution < 1.29 is 0 Å². The highest BCUT2D eigenvalue weighted by Crippen LogP contribution is 2.40. The molecule has 182 valence electrons. The molecule has 0 atom stereocenters. The molecule has 0 spiro atoms. The van der Waals surface area contributed by atoms with Gasteiger partial charge in [0.1, 0.15) is 0 Å². The van der Waals surface area contributed by atoms with Crippen LogP contribution in [0.25, 0.3) is 76.7 Å². The molecule has 0 aliphatic heterocycles. The van der Waals surface area contributed by atoms with Crippen LogP contribution in [0.2, 0.25) is 0 Å². The number of fused-ring (bicyclic) bond motifs is 5. The van der Waals surface area contributed by atoms with Crippen molar-refractivity contribution in [3.05, 3.63) is 146 Å². The van der Waals surface area contributed by atoms with Gasteiger partial charge in [-0.1, -0.05) is 121 Å². The highest BCUT2D eigenvalue weighted by molar-refractivity contribution is 6.15. The summed E-state index contributed by atoms with van der Waals surface area (Å²) in [7, 11) is 0. The number of para-hydroxylation sites is 1. The van der Waals surface area contributed by atoms with Gasteiger partial charge in [-0.2, -0.15) is 0 Å². The van der Waals surface area contributed by atoms with Crippen LogP contribution in [0.5, 0.6) is 0 Å². The molecule has 1 heterocycles. The van der Waals surface area contributed by atoms with Crippen LogP contribution in [0.4, 0.5) is 0 Å². The van der Waals surface area contributed by atoms with Crippen LogP contribution in [0.1, 0.15) is 0 Å². The van der Waals surface area contributed by atoms with Gasteiger partial charge in [0, 0.05) is 21.9 Å². The molecule has 39 heavy (non-hydrogen) atoms. The Balaban J connectivity index is 1.33. The first-order valence-electron chi connectivity index (χ1n) is 13.4. The van der Waals surface area contributed by atoms with Crippen molar-refractivity contribution in [1.29, 1.82) is 0 Å². The minimum absolute atomic E-state index is 1.16. The number of H-pyrrole nitrogens is 1. The molecule has 0 aliphatic carbocycles. The molecule has 0 saturated carbocycles. The highest BCUT2D eigenvalue weighted by atomic mass is 14.7. The van der Waals surface area contributed by atoms with E-state index in [0.717, 1.165) is 5.52 Å². The van der Waals surface area contributed by atoms with E-state index < -0.39 is 0 Å². The summed E-state index contributed by atoms with van der Waals surface area (Å²) in [5.74, 6) is 0. The predicted octanol–water partition coefficient (Wildman–Crippen LogP) is 10.6. The number of aromatic nitrogens is 1. The van der Waals surface area contributed by atoms with Crippen LogP contribution in [0.15, 0.2) is 146 Å². The fourth-order valence-electron chi connectivity index (χ4n) is 6.14. The van der Waals surface area contributed by atoms with Crippen molar-refractivity contribution in [2.45, 2.75) is 0 Å². The molecule has 7 aromatic carbocycles. The van der Waals surface area contributed by atoms with Gasteiger partial charge in [0.25, 0.3) is 0 Å². The lowest BCUT2D eigenvalue weighted by atomic mass is 9.90. The Labute approximate surface area is 227 Å². The average Bonchev–Trinajstić information content (AvgIpc) is 3.38. The SMILES string of the molecule is c1ccc(-c2ccc3[nH]c4c(-c5cccc(-c6c7ccccc7cc7ccccc67)c5)cccc4c3c2)cc1. The molecule has 0 amide bonds. The first-order chi connectivity index (χ1) is 19.3. The van der Waals surface area contributed by atoms with Crippen LogP contribution >= 0.6 is 0 Å². The molecule has 0 unspecified atom stereocenters. The summed E-state index contributed by atoms with van der Waals surface area (Å²) in [5, 5.41) is 7.61. The maximum absolute atomic E-state index is 3.74. The maximum Gasteiger partial charge on any atom is 0.0544 e. The smallest absolute Gasteiger partial charge is 0.0544 e. The van der Waals surface area contributed by atoms with Gasteiger partial charge >= 0.3 is 0 Å². The first-order valence-corrected chi connectivity index (χ1v) is 13.4. The van der Waals surface area contributed by atoms with Crippen molar-refractivity contribution in [2.75, 3.05) is 0 Å². The first kappa shape index (κ1) is 21.9. The van der Waals surface area contributed by atoms with Crippen LogP contribution in [0, 0.1) is 0 Å². The lowest BCUT2D eigenvalue weighted by molar-refractivity contribution is 1.53. The largest absolute Gasteiger partial charge is 0.354 e. The summed E-state index contributed by atoms with van der Waals surface area (Å²) in [5.41, 5.74) is 9.77. The molecule has 1 nitrogen and oxygen atoms in total. The van der Waals surface area contributed by atoms with Gasteiger partial charge in [-0.3, -0.25) is 0 Å². The monoisotopic (exact) mass is 495 g/mol. The zero-order chi connectivity index (χ0) is 25.8. The molecule has 0 aliphatic rings. The van der Waals surface area contributed by atoms with Crippen LogP contribution in [0.3, 0.4) is 0 Å². The number of nitrogens with one attached hydrogen (secondary N) is 1. The third-order valence-electron chi connectivity index (χ3n) is 7.97. The van der Waals surface area contributed by atoms with E-state index in [9.17, 15) is 0 Å². The normalized spacial score (nSPS) is 11.6. The molecule has 8 aromatic rings. The minimum Gasteiger partial charge on any atom is -0.354 e. The summed E-state index contributed by atoms with van der Waals surface area (Å²) in [6.45, 7) is 0. The molecule has 0 fully saturated rings. The Bertz CT molecular complexity index is 2110.